The zero-order valence-corrected chi connectivity index (χ0v) is 17.6. The zero-order valence-electron chi connectivity index (χ0n) is 12.0. The second-order valence-corrected chi connectivity index (χ2v) is 6.52. The van der Waals surface area contributed by atoms with E-state index >= 15 is 0 Å². The molecule has 0 heterocycles. The SMILES string of the molecule is Oc1c(Cl)cc(Cl)c(Cl)c1Cc1c(O)c(Cl)cc(Cl)c1Cl.[H-].[Na+]. The molecule has 2 aromatic carbocycles. The molecule has 0 unspecified atom stereocenters. The predicted molar refractivity (Wildman–Crippen MR) is 90.2 cm³/mol. The minimum Gasteiger partial charge on any atom is -1.00 e. The molecule has 0 saturated carbocycles. The molecule has 2 rings (SSSR count). The third-order valence-electron chi connectivity index (χ3n) is 2.83. The van der Waals surface area contributed by atoms with Crippen molar-refractivity contribution in [3.05, 3.63) is 53.4 Å². The molecule has 9 heteroatoms. The van der Waals surface area contributed by atoms with Crippen LogP contribution in [0.15, 0.2) is 12.1 Å². The Morgan fingerprint density at radius 3 is 1.32 bits per heavy atom. The summed E-state index contributed by atoms with van der Waals surface area (Å²) in [7, 11) is 0. The quantitative estimate of drug-likeness (QED) is 0.563. The van der Waals surface area contributed by atoms with Crippen LogP contribution in [0.5, 0.6) is 11.5 Å². The average molecular weight is 431 g/mol. The van der Waals surface area contributed by atoms with Crippen LogP contribution in [0.25, 0.3) is 0 Å². The Kier molecular flexibility index (Phi) is 7.80. The number of hydrogen-bond acceptors (Lipinski definition) is 2. The molecular formula is C13H7Cl6NaO2. The summed E-state index contributed by atoms with van der Waals surface area (Å²) >= 11 is 35.7. The summed E-state index contributed by atoms with van der Waals surface area (Å²) in [5.41, 5.74) is 0.425. The van der Waals surface area contributed by atoms with Gasteiger partial charge in [-0.2, -0.15) is 0 Å². The van der Waals surface area contributed by atoms with Crippen LogP contribution in [-0.2, 0) is 6.42 Å². The van der Waals surface area contributed by atoms with E-state index in [0.717, 1.165) is 0 Å². The van der Waals surface area contributed by atoms with Gasteiger partial charge in [0, 0.05) is 17.5 Å². The number of aromatic hydroxyl groups is 2. The van der Waals surface area contributed by atoms with Gasteiger partial charge in [0.15, 0.2) is 0 Å². The van der Waals surface area contributed by atoms with Crippen LogP contribution in [-0.4, -0.2) is 10.2 Å². The molecule has 0 aliphatic rings. The topological polar surface area (TPSA) is 40.5 Å². The molecule has 114 valence electrons. The second kappa shape index (κ2) is 8.24. The molecular weight excluding hydrogens is 424 g/mol. The number of phenols is 2. The number of halogens is 6. The minimum atomic E-state index is -0.252. The van der Waals surface area contributed by atoms with E-state index in [2.05, 4.69) is 0 Å². The standard InChI is InChI=1S/C13H6Cl6O2.Na.H/c14-6-2-8(16)12(20)4(10(6)18)1-5-11(19)7(15)3-9(17)13(5)21;;/h2-3,20-21H,1H2;;/q;+1;-1. The fourth-order valence-electron chi connectivity index (χ4n) is 1.77. The molecule has 0 fully saturated rings. The molecule has 0 amide bonds. The first kappa shape index (κ1) is 20.8. The molecule has 0 radical (unpaired) electrons. The molecule has 0 aliphatic heterocycles. The van der Waals surface area contributed by atoms with E-state index in [-0.39, 0.29) is 90.2 Å². The number of phenolic OH excluding ortho intramolecular Hbond substituents is 2. The van der Waals surface area contributed by atoms with Gasteiger partial charge >= 0.3 is 29.6 Å². The maximum absolute atomic E-state index is 10.0. The van der Waals surface area contributed by atoms with Crippen LogP contribution in [0.4, 0.5) is 0 Å². The van der Waals surface area contributed by atoms with E-state index in [9.17, 15) is 10.2 Å². The van der Waals surface area contributed by atoms with E-state index in [1.807, 2.05) is 0 Å². The van der Waals surface area contributed by atoms with E-state index in [4.69, 9.17) is 69.6 Å². The van der Waals surface area contributed by atoms with Gasteiger partial charge < -0.3 is 11.6 Å². The van der Waals surface area contributed by atoms with Crippen LogP contribution in [0.1, 0.15) is 12.6 Å². The summed E-state index contributed by atoms with van der Waals surface area (Å²) in [6.45, 7) is 0. The molecule has 2 aromatic rings. The largest absolute Gasteiger partial charge is 1.00 e. The second-order valence-electron chi connectivity index (χ2n) is 4.14. The molecule has 0 aromatic heterocycles. The Bertz CT molecular complexity index is 627. The Morgan fingerprint density at radius 2 is 1.00 bits per heavy atom. The van der Waals surface area contributed by atoms with Crippen LogP contribution in [0.3, 0.4) is 0 Å². The smallest absolute Gasteiger partial charge is 1.00 e. The van der Waals surface area contributed by atoms with Gasteiger partial charge in [0.25, 0.3) is 0 Å². The van der Waals surface area contributed by atoms with Gasteiger partial charge in [-0.15, -0.1) is 0 Å². The van der Waals surface area contributed by atoms with E-state index in [0.29, 0.717) is 0 Å². The monoisotopic (exact) mass is 428 g/mol. The van der Waals surface area contributed by atoms with Crippen LogP contribution >= 0.6 is 69.6 Å². The van der Waals surface area contributed by atoms with Crippen molar-refractivity contribution in [1.29, 1.82) is 0 Å². The fraction of sp³-hybridized carbons (Fsp3) is 0.0769. The summed E-state index contributed by atoms with van der Waals surface area (Å²) in [6, 6.07) is 2.63. The van der Waals surface area contributed by atoms with Crippen molar-refractivity contribution in [2.75, 3.05) is 0 Å². The van der Waals surface area contributed by atoms with E-state index in [1.165, 1.54) is 12.1 Å². The van der Waals surface area contributed by atoms with Crippen molar-refractivity contribution in [2.45, 2.75) is 6.42 Å². The first-order valence-electron chi connectivity index (χ1n) is 5.44. The van der Waals surface area contributed by atoms with Crippen LogP contribution in [0.2, 0.25) is 30.1 Å². The Labute approximate surface area is 180 Å². The van der Waals surface area contributed by atoms with Gasteiger partial charge in [0.1, 0.15) is 11.5 Å². The predicted octanol–water partition coefficient (Wildman–Crippen LogP) is 3.73. The summed E-state index contributed by atoms with van der Waals surface area (Å²) in [5.74, 6) is -0.504. The molecule has 0 atom stereocenters. The van der Waals surface area contributed by atoms with Gasteiger partial charge in [-0.3, -0.25) is 0 Å². The Hall–Kier alpha value is 0.780. The number of hydrogen-bond donors (Lipinski definition) is 2. The van der Waals surface area contributed by atoms with Gasteiger partial charge in [-0.25, -0.2) is 0 Å². The third kappa shape index (κ3) is 4.05. The number of rotatable bonds is 2. The molecule has 0 aliphatic carbocycles. The summed E-state index contributed by atoms with van der Waals surface area (Å²) in [6.07, 6.45) is -0.0457. The van der Waals surface area contributed by atoms with Crippen molar-refractivity contribution >= 4 is 69.6 Å². The van der Waals surface area contributed by atoms with Crippen molar-refractivity contribution in [3.63, 3.8) is 0 Å². The molecule has 0 spiro atoms. The zero-order chi connectivity index (χ0) is 15.9. The fourth-order valence-corrected chi connectivity index (χ4v) is 3.20. The van der Waals surface area contributed by atoms with Gasteiger partial charge in [0.05, 0.1) is 30.1 Å². The number of benzene rings is 2. The molecule has 2 N–H and O–H groups in total. The maximum Gasteiger partial charge on any atom is 1.00 e. The van der Waals surface area contributed by atoms with Gasteiger partial charge in [-0.1, -0.05) is 69.6 Å². The molecule has 0 saturated heterocycles. The van der Waals surface area contributed by atoms with E-state index in [1.54, 1.807) is 0 Å². The van der Waals surface area contributed by atoms with Gasteiger partial charge in [-0.05, 0) is 12.1 Å². The Morgan fingerprint density at radius 1 is 0.682 bits per heavy atom. The summed E-state index contributed by atoms with van der Waals surface area (Å²) in [5, 5.41) is 20.6. The first-order valence-corrected chi connectivity index (χ1v) is 7.71. The van der Waals surface area contributed by atoms with Crippen molar-refractivity contribution in [3.8, 4) is 11.5 Å². The Balaban J connectivity index is 0.00000242. The van der Waals surface area contributed by atoms with E-state index < -0.39 is 0 Å². The minimum absolute atomic E-state index is 0. The molecule has 2 nitrogen and oxygen atoms in total. The van der Waals surface area contributed by atoms with Crippen molar-refractivity contribution in [2.24, 2.45) is 0 Å². The normalized spacial score (nSPS) is 10.5. The first-order chi connectivity index (χ1) is 9.73. The molecule has 0 bridgehead atoms. The van der Waals surface area contributed by atoms with Crippen LogP contribution in [0, 0.1) is 0 Å². The third-order valence-corrected chi connectivity index (χ3v) is 5.06. The molecule has 22 heavy (non-hydrogen) atoms. The maximum atomic E-state index is 10.0. The average Bonchev–Trinajstić information content (AvgIpc) is 2.42. The van der Waals surface area contributed by atoms with Gasteiger partial charge in [0.2, 0.25) is 0 Å². The van der Waals surface area contributed by atoms with Crippen molar-refractivity contribution < 1.29 is 41.2 Å². The van der Waals surface area contributed by atoms with Crippen LogP contribution < -0.4 is 29.6 Å². The summed E-state index contributed by atoms with van der Waals surface area (Å²) < 4.78 is 0. The summed E-state index contributed by atoms with van der Waals surface area (Å²) in [4.78, 5) is 0. The van der Waals surface area contributed by atoms with Crippen molar-refractivity contribution in [1.82, 2.24) is 0 Å².